The molecule has 0 fully saturated rings. The predicted molar refractivity (Wildman–Crippen MR) is 125 cm³/mol. The minimum absolute atomic E-state index is 0.0740. The highest BCUT2D eigenvalue weighted by Gasteiger charge is 2.21. The van der Waals surface area contributed by atoms with Crippen LogP contribution < -0.4 is 10.2 Å². The highest BCUT2D eigenvalue weighted by Crippen LogP contribution is 2.33. The number of hydrogen-bond donors (Lipinski definition) is 0. The standard InChI is InChI=1S/C26H21NO6/c1-15-7-9-18(10-8-15)25-26(23(29)21-12-16(2)11-17(3)24(21)33-25)32-14-22(28)19-5-4-6-20(13-19)27(30)31/h4-13H,14H2,1-3H3. The number of carbonyl (C=O) groups is 1. The Morgan fingerprint density at radius 2 is 1.73 bits per heavy atom. The molecule has 0 bridgehead atoms. The molecule has 166 valence electrons. The van der Waals surface area contributed by atoms with Crippen LogP contribution in [0.1, 0.15) is 27.0 Å². The van der Waals surface area contributed by atoms with Crippen molar-refractivity contribution in [1.82, 2.24) is 0 Å². The normalized spacial score (nSPS) is 10.9. The molecule has 0 N–H and O–H groups in total. The number of nitro benzene ring substituents is 1. The number of aryl methyl sites for hydroxylation is 3. The first-order chi connectivity index (χ1) is 15.7. The smallest absolute Gasteiger partial charge is 0.270 e. The second-order valence-electron chi connectivity index (χ2n) is 7.93. The summed E-state index contributed by atoms with van der Waals surface area (Å²) in [6.07, 6.45) is 0. The lowest BCUT2D eigenvalue weighted by Gasteiger charge is -2.13. The summed E-state index contributed by atoms with van der Waals surface area (Å²) < 4.78 is 11.9. The molecule has 4 rings (SSSR count). The maximum absolute atomic E-state index is 13.4. The van der Waals surface area contributed by atoms with E-state index in [1.54, 1.807) is 6.07 Å². The average molecular weight is 443 g/mol. The lowest BCUT2D eigenvalue weighted by Crippen LogP contribution is -2.17. The molecule has 1 heterocycles. The van der Waals surface area contributed by atoms with Gasteiger partial charge in [-0.25, -0.2) is 0 Å². The minimum atomic E-state index is -0.574. The summed E-state index contributed by atoms with van der Waals surface area (Å²) in [5.41, 5.74) is 3.39. The molecular weight excluding hydrogens is 422 g/mol. The van der Waals surface area contributed by atoms with Gasteiger partial charge in [-0.15, -0.1) is 0 Å². The first-order valence-corrected chi connectivity index (χ1v) is 10.3. The van der Waals surface area contributed by atoms with Gasteiger partial charge in [0, 0.05) is 23.3 Å². The summed E-state index contributed by atoms with van der Waals surface area (Å²) in [5, 5.41) is 11.4. The summed E-state index contributed by atoms with van der Waals surface area (Å²) in [4.78, 5) is 36.5. The molecule has 3 aromatic carbocycles. The number of rotatable bonds is 6. The van der Waals surface area contributed by atoms with Crippen molar-refractivity contribution in [3.63, 3.8) is 0 Å². The van der Waals surface area contributed by atoms with Gasteiger partial charge in [-0.1, -0.05) is 48.0 Å². The van der Waals surface area contributed by atoms with Crippen molar-refractivity contribution < 1.29 is 18.9 Å². The zero-order valence-corrected chi connectivity index (χ0v) is 18.4. The lowest BCUT2D eigenvalue weighted by molar-refractivity contribution is -0.384. The van der Waals surface area contributed by atoms with E-state index in [0.29, 0.717) is 16.5 Å². The van der Waals surface area contributed by atoms with E-state index in [1.807, 2.05) is 51.1 Å². The Morgan fingerprint density at radius 1 is 1.00 bits per heavy atom. The average Bonchev–Trinajstić information content (AvgIpc) is 2.79. The molecule has 7 nitrogen and oxygen atoms in total. The number of ether oxygens (including phenoxy) is 1. The molecular formula is C26H21NO6. The van der Waals surface area contributed by atoms with E-state index in [0.717, 1.165) is 16.7 Å². The summed E-state index contributed by atoms with van der Waals surface area (Å²) in [6.45, 7) is 5.22. The van der Waals surface area contributed by atoms with Crippen LogP contribution in [-0.4, -0.2) is 17.3 Å². The van der Waals surface area contributed by atoms with Crippen molar-refractivity contribution in [3.8, 4) is 17.1 Å². The molecule has 7 heteroatoms. The predicted octanol–water partition coefficient (Wildman–Crippen LogP) is 5.56. The highest BCUT2D eigenvalue weighted by atomic mass is 16.6. The number of Topliss-reactive ketones (excluding diaryl/α,β-unsaturated/α-hetero) is 1. The number of benzene rings is 3. The van der Waals surface area contributed by atoms with E-state index in [1.165, 1.54) is 24.3 Å². The zero-order chi connectivity index (χ0) is 23.7. The van der Waals surface area contributed by atoms with E-state index < -0.39 is 17.3 Å². The monoisotopic (exact) mass is 443 g/mol. The number of fused-ring (bicyclic) bond motifs is 1. The number of hydrogen-bond acceptors (Lipinski definition) is 6. The fourth-order valence-corrected chi connectivity index (χ4v) is 3.67. The Morgan fingerprint density at radius 3 is 2.42 bits per heavy atom. The van der Waals surface area contributed by atoms with Crippen molar-refractivity contribution in [2.24, 2.45) is 0 Å². The van der Waals surface area contributed by atoms with Gasteiger partial charge in [0.05, 0.1) is 10.3 Å². The van der Waals surface area contributed by atoms with Gasteiger partial charge in [-0.05, 0) is 38.0 Å². The van der Waals surface area contributed by atoms with Gasteiger partial charge in [0.2, 0.25) is 11.2 Å². The van der Waals surface area contributed by atoms with Gasteiger partial charge in [-0.2, -0.15) is 0 Å². The highest BCUT2D eigenvalue weighted by molar-refractivity contribution is 5.98. The Hall–Kier alpha value is -4.26. The second kappa shape index (κ2) is 8.70. The maximum Gasteiger partial charge on any atom is 0.270 e. The second-order valence-corrected chi connectivity index (χ2v) is 7.93. The van der Waals surface area contributed by atoms with E-state index >= 15 is 0 Å². The Bertz CT molecular complexity index is 1450. The Balaban J connectivity index is 1.79. The summed E-state index contributed by atoms with van der Waals surface area (Å²) >= 11 is 0. The molecule has 0 spiro atoms. The Labute approximate surface area is 189 Å². The molecule has 0 radical (unpaired) electrons. The van der Waals surface area contributed by atoms with Gasteiger partial charge in [0.15, 0.2) is 18.2 Å². The van der Waals surface area contributed by atoms with Crippen LogP contribution in [0.25, 0.3) is 22.3 Å². The third-order valence-corrected chi connectivity index (χ3v) is 5.32. The topological polar surface area (TPSA) is 99.7 Å². The van der Waals surface area contributed by atoms with Crippen LogP contribution in [0.5, 0.6) is 5.75 Å². The van der Waals surface area contributed by atoms with Crippen LogP contribution in [0.15, 0.2) is 69.9 Å². The minimum Gasteiger partial charge on any atom is -0.478 e. The van der Waals surface area contributed by atoms with Crippen molar-refractivity contribution in [1.29, 1.82) is 0 Å². The first kappa shape index (κ1) is 22.0. The molecule has 0 aliphatic rings. The SMILES string of the molecule is Cc1ccc(-c2oc3c(C)cc(C)cc3c(=O)c2OCC(=O)c2cccc([N+](=O)[O-])c2)cc1. The van der Waals surface area contributed by atoms with Crippen molar-refractivity contribution >= 4 is 22.4 Å². The lowest BCUT2D eigenvalue weighted by atomic mass is 10.0. The van der Waals surface area contributed by atoms with Gasteiger partial charge in [0.25, 0.3) is 5.69 Å². The van der Waals surface area contributed by atoms with Crippen LogP contribution in [0.3, 0.4) is 0 Å². The molecule has 0 unspecified atom stereocenters. The number of nitrogens with zero attached hydrogens (tertiary/aromatic N) is 1. The molecule has 0 atom stereocenters. The van der Waals surface area contributed by atoms with Crippen LogP contribution in [0.4, 0.5) is 5.69 Å². The number of nitro groups is 1. The maximum atomic E-state index is 13.4. The number of ketones is 1. The van der Waals surface area contributed by atoms with Crippen molar-refractivity contribution in [2.45, 2.75) is 20.8 Å². The number of carbonyl (C=O) groups excluding carboxylic acids is 1. The van der Waals surface area contributed by atoms with Gasteiger partial charge in [-0.3, -0.25) is 19.7 Å². The summed E-state index contributed by atoms with van der Waals surface area (Å²) in [5.74, 6) is -0.338. The van der Waals surface area contributed by atoms with E-state index in [-0.39, 0.29) is 28.2 Å². The molecule has 0 aliphatic carbocycles. The van der Waals surface area contributed by atoms with Crippen LogP contribution in [-0.2, 0) is 0 Å². The van der Waals surface area contributed by atoms with E-state index in [4.69, 9.17) is 9.15 Å². The van der Waals surface area contributed by atoms with Crippen molar-refractivity contribution in [2.75, 3.05) is 6.61 Å². The largest absolute Gasteiger partial charge is 0.478 e. The zero-order valence-electron chi connectivity index (χ0n) is 18.4. The van der Waals surface area contributed by atoms with Gasteiger partial charge < -0.3 is 9.15 Å². The quantitative estimate of drug-likeness (QED) is 0.220. The molecule has 0 amide bonds. The van der Waals surface area contributed by atoms with E-state index in [9.17, 15) is 19.7 Å². The third kappa shape index (κ3) is 4.39. The van der Waals surface area contributed by atoms with Crippen molar-refractivity contribution in [3.05, 3.63) is 103 Å². The van der Waals surface area contributed by atoms with Crippen LogP contribution in [0, 0.1) is 30.9 Å². The molecule has 0 aliphatic heterocycles. The van der Waals surface area contributed by atoms with E-state index in [2.05, 4.69) is 0 Å². The molecule has 0 saturated heterocycles. The fourth-order valence-electron chi connectivity index (χ4n) is 3.67. The first-order valence-electron chi connectivity index (χ1n) is 10.3. The van der Waals surface area contributed by atoms with Crippen LogP contribution >= 0.6 is 0 Å². The summed E-state index contributed by atoms with van der Waals surface area (Å²) in [6, 6.07) is 16.4. The van der Waals surface area contributed by atoms with Gasteiger partial charge in [0.1, 0.15) is 5.58 Å². The molecule has 0 saturated carbocycles. The Kier molecular flexibility index (Phi) is 5.79. The summed E-state index contributed by atoms with van der Waals surface area (Å²) in [7, 11) is 0. The van der Waals surface area contributed by atoms with Gasteiger partial charge >= 0.3 is 0 Å². The fraction of sp³-hybridized carbons (Fsp3) is 0.154. The molecule has 4 aromatic rings. The van der Waals surface area contributed by atoms with Crippen LogP contribution in [0.2, 0.25) is 0 Å². The molecule has 1 aromatic heterocycles. The third-order valence-electron chi connectivity index (χ3n) is 5.32. The number of non-ortho nitro benzene ring substituents is 1. The molecule has 33 heavy (non-hydrogen) atoms.